The Hall–Kier alpha value is -0.960. The Morgan fingerprint density at radius 1 is 1.29 bits per heavy atom. The molecule has 0 unspecified atom stereocenters. The molecule has 1 aromatic rings. The van der Waals surface area contributed by atoms with Crippen molar-refractivity contribution in [3.63, 3.8) is 0 Å². The van der Waals surface area contributed by atoms with Gasteiger partial charge in [0.25, 0.3) is 0 Å². The smallest absolute Gasteiger partial charge is 0.0769 e. The molecule has 0 atom stereocenters. The van der Waals surface area contributed by atoms with Gasteiger partial charge in [0, 0.05) is 18.8 Å². The number of nitrogens with zero attached hydrogens (tertiary/aromatic N) is 2. The SMILES string of the molecule is c1cnnc(CNC2CCCCC2)c1. The number of hydrogen-bond donors (Lipinski definition) is 1. The molecule has 14 heavy (non-hydrogen) atoms. The van der Waals surface area contributed by atoms with Crippen molar-refractivity contribution in [2.24, 2.45) is 0 Å². The minimum Gasteiger partial charge on any atom is -0.308 e. The van der Waals surface area contributed by atoms with Gasteiger partial charge in [-0.3, -0.25) is 0 Å². The standard InChI is InChI=1S/C11H17N3/c1-2-5-10(6-3-1)12-9-11-7-4-8-13-14-11/h4,7-8,10,12H,1-3,5-6,9H2. The highest BCUT2D eigenvalue weighted by Gasteiger charge is 2.12. The maximum Gasteiger partial charge on any atom is 0.0769 e. The second-order valence-electron chi connectivity index (χ2n) is 3.93. The number of aromatic nitrogens is 2. The molecule has 0 radical (unpaired) electrons. The largest absolute Gasteiger partial charge is 0.308 e. The van der Waals surface area contributed by atoms with Gasteiger partial charge in [-0.1, -0.05) is 19.3 Å². The van der Waals surface area contributed by atoms with E-state index >= 15 is 0 Å². The van der Waals surface area contributed by atoms with Crippen molar-refractivity contribution < 1.29 is 0 Å². The summed E-state index contributed by atoms with van der Waals surface area (Å²) in [6, 6.07) is 4.65. The van der Waals surface area contributed by atoms with Gasteiger partial charge in [-0.25, -0.2) is 0 Å². The van der Waals surface area contributed by atoms with Gasteiger partial charge in [-0.15, -0.1) is 0 Å². The van der Waals surface area contributed by atoms with Crippen molar-refractivity contribution in [2.75, 3.05) is 0 Å². The Morgan fingerprint density at radius 3 is 2.86 bits per heavy atom. The third-order valence-corrected chi connectivity index (χ3v) is 2.80. The molecule has 0 aromatic carbocycles. The molecular weight excluding hydrogens is 174 g/mol. The molecule has 1 fully saturated rings. The topological polar surface area (TPSA) is 37.8 Å². The third kappa shape index (κ3) is 2.77. The van der Waals surface area contributed by atoms with Crippen LogP contribution in [0.2, 0.25) is 0 Å². The average molecular weight is 191 g/mol. The predicted octanol–water partition coefficient (Wildman–Crippen LogP) is 1.90. The van der Waals surface area contributed by atoms with Gasteiger partial charge in [0.2, 0.25) is 0 Å². The van der Waals surface area contributed by atoms with Crippen LogP contribution in [0, 0.1) is 0 Å². The van der Waals surface area contributed by atoms with E-state index in [-0.39, 0.29) is 0 Å². The highest BCUT2D eigenvalue weighted by Crippen LogP contribution is 2.17. The zero-order valence-electron chi connectivity index (χ0n) is 8.45. The summed E-state index contributed by atoms with van der Waals surface area (Å²) in [5.41, 5.74) is 1.04. The third-order valence-electron chi connectivity index (χ3n) is 2.80. The zero-order chi connectivity index (χ0) is 9.64. The van der Waals surface area contributed by atoms with Gasteiger partial charge in [0.15, 0.2) is 0 Å². The van der Waals surface area contributed by atoms with Crippen molar-refractivity contribution in [3.8, 4) is 0 Å². The van der Waals surface area contributed by atoms with E-state index in [4.69, 9.17) is 0 Å². The van der Waals surface area contributed by atoms with Crippen molar-refractivity contribution in [1.82, 2.24) is 15.5 Å². The Balaban J connectivity index is 1.76. The summed E-state index contributed by atoms with van der Waals surface area (Å²) in [4.78, 5) is 0. The van der Waals surface area contributed by atoms with Crippen LogP contribution in [0.4, 0.5) is 0 Å². The van der Waals surface area contributed by atoms with Crippen LogP contribution < -0.4 is 5.32 Å². The zero-order valence-corrected chi connectivity index (χ0v) is 8.45. The highest BCUT2D eigenvalue weighted by atomic mass is 15.1. The Bertz CT molecular complexity index is 254. The Labute approximate surface area is 84.9 Å². The second kappa shape index (κ2) is 5.05. The van der Waals surface area contributed by atoms with E-state index in [2.05, 4.69) is 15.5 Å². The molecule has 1 saturated carbocycles. The Kier molecular flexibility index (Phi) is 3.46. The first kappa shape index (κ1) is 9.59. The van der Waals surface area contributed by atoms with E-state index in [1.54, 1.807) is 6.20 Å². The lowest BCUT2D eigenvalue weighted by Crippen LogP contribution is -2.30. The van der Waals surface area contributed by atoms with Gasteiger partial charge >= 0.3 is 0 Å². The van der Waals surface area contributed by atoms with E-state index in [0.717, 1.165) is 12.2 Å². The van der Waals surface area contributed by atoms with Crippen LogP contribution in [0.15, 0.2) is 18.3 Å². The van der Waals surface area contributed by atoms with Gasteiger partial charge in [0.1, 0.15) is 0 Å². The Morgan fingerprint density at radius 2 is 2.14 bits per heavy atom. The molecule has 0 aliphatic heterocycles. The summed E-state index contributed by atoms with van der Waals surface area (Å²) in [7, 11) is 0. The van der Waals surface area contributed by atoms with E-state index in [0.29, 0.717) is 6.04 Å². The number of rotatable bonds is 3. The molecule has 3 heteroatoms. The van der Waals surface area contributed by atoms with Crippen molar-refractivity contribution >= 4 is 0 Å². The minimum atomic E-state index is 0.700. The fourth-order valence-electron chi connectivity index (χ4n) is 1.98. The molecule has 0 bridgehead atoms. The quantitative estimate of drug-likeness (QED) is 0.793. The van der Waals surface area contributed by atoms with Crippen molar-refractivity contribution in [2.45, 2.75) is 44.7 Å². The van der Waals surface area contributed by atoms with Crippen molar-refractivity contribution in [1.29, 1.82) is 0 Å². The summed E-state index contributed by atoms with van der Waals surface area (Å²) in [6.45, 7) is 0.860. The van der Waals surface area contributed by atoms with Gasteiger partial charge in [-0.05, 0) is 25.0 Å². The molecule has 2 rings (SSSR count). The normalized spacial score (nSPS) is 18.3. The summed E-state index contributed by atoms with van der Waals surface area (Å²) in [5.74, 6) is 0. The molecule has 1 aliphatic rings. The van der Waals surface area contributed by atoms with Crippen LogP contribution in [0.25, 0.3) is 0 Å². The molecule has 0 amide bonds. The van der Waals surface area contributed by atoms with Gasteiger partial charge in [-0.2, -0.15) is 10.2 Å². The molecule has 1 N–H and O–H groups in total. The second-order valence-corrected chi connectivity index (χ2v) is 3.93. The molecule has 3 nitrogen and oxygen atoms in total. The van der Waals surface area contributed by atoms with E-state index in [1.807, 2.05) is 12.1 Å². The fourth-order valence-corrected chi connectivity index (χ4v) is 1.98. The van der Waals surface area contributed by atoms with Crippen LogP contribution in [0.5, 0.6) is 0 Å². The van der Waals surface area contributed by atoms with Crippen LogP contribution in [-0.2, 0) is 6.54 Å². The first-order chi connectivity index (χ1) is 6.95. The number of hydrogen-bond acceptors (Lipinski definition) is 3. The average Bonchev–Trinajstić information content (AvgIpc) is 2.29. The van der Waals surface area contributed by atoms with Crippen molar-refractivity contribution in [3.05, 3.63) is 24.0 Å². The maximum absolute atomic E-state index is 4.05. The molecule has 1 heterocycles. The summed E-state index contributed by atoms with van der Waals surface area (Å²) >= 11 is 0. The molecular formula is C11H17N3. The van der Waals surface area contributed by atoms with E-state index in [9.17, 15) is 0 Å². The van der Waals surface area contributed by atoms with Gasteiger partial charge in [0.05, 0.1) is 5.69 Å². The monoisotopic (exact) mass is 191 g/mol. The summed E-state index contributed by atoms with van der Waals surface area (Å²) in [6.07, 6.45) is 8.50. The summed E-state index contributed by atoms with van der Waals surface area (Å²) in [5, 5.41) is 11.4. The summed E-state index contributed by atoms with van der Waals surface area (Å²) < 4.78 is 0. The molecule has 76 valence electrons. The molecule has 1 aromatic heterocycles. The molecule has 0 spiro atoms. The van der Waals surface area contributed by atoms with Crippen LogP contribution in [-0.4, -0.2) is 16.2 Å². The highest BCUT2D eigenvalue weighted by molar-refractivity contribution is 4.98. The van der Waals surface area contributed by atoms with E-state index in [1.165, 1.54) is 32.1 Å². The van der Waals surface area contributed by atoms with E-state index < -0.39 is 0 Å². The van der Waals surface area contributed by atoms with Gasteiger partial charge < -0.3 is 5.32 Å². The molecule has 0 saturated heterocycles. The predicted molar refractivity (Wildman–Crippen MR) is 55.7 cm³/mol. The molecule has 1 aliphatic carbocycles. The fraction of sp³-hybridized carbons (Fsp3) is 0.636. The minimum absolute atomic E-state index is 0.700. The van der Waals surface area contributed by atoms with Crippen LogP contribution >= 0.6 is 0 Å². The first-order valence-electron chi connectivity index (χ1n) is 5.45. The lowest BCUT2D eigenvalue weighted by Gasteiger charge is -2.22. The number of nitrogens with one attached hydrogen (secondary N) is 1. The first-order valence-corrected chi connectivity index (χ1v) is 5.45. The lowest BCUT2D eigenvalue weighted by molar-refractivity contribution is 0.370. The maximum atomic E-state index is 4.05. The van der Waals surface area contributed by atoms with Crippen LogP contribution in [0.3, 0.4) is 0 Å². The lowest BCUT2D eigenvalue weighted by atomic mass is 9.95. The van der Waals surface area contributed by atoms with Crippen LogP contribution in [0.1, 0.15) is 37.8 Å².